The maximum absolute atomic E-state index is 13.7. The predicted octanol–water partition coefficient (Wildman–Crippen LogP) is 5.12. The number of carbonyl (C=O) groups excluding carboxylic acids is 2. The number of hydrogen-bond acceptors (Lipinski definition) is 4. The number of fused-ring (bicyclic) bond motifs is 1. The highest BCUT2D eigenvalue weighted by atomic mass is 16.3. The van der Waals surface area contributed by atoms with Gasteiger partial charge in [0.15, 0.2) is 0 Å². The van der Waals surface area contributed by atoms with Crippen molar-refractivity contribution in [1.82, 2.24) is 9.80 Å². The number of likely N-dealkylation sites (tertiary alicyclic amines) is 1. The fraction of sp³-hybridized carbons (Fsp3) is 0.433. The van der Waals surface area contributed by atoms with Crippen LogP contribution in [0.1, 0.15) is 44.6 Å². The quantitative estimate of drug-likeness (QED) is 0.491. The van der Waals surface area contributed by atoms with E-state index in [1.54, 1.807) is 6.26 Å². The van der Waals surface area contributed by atoms with Crippen LogP contribution >= 0.6 is 0 Å². The first-order chi connectivity index (χ1) is 17.5. The lowest BCUT2D eigenvalue weighted by Crippen LogP contribution is -2.45. The molecule has 3 aromatic rings. The minimum atomic E-state index is -0.664. The minimum absolute atomic E-state index is 0.126. The second-order valence-corrected chi connectivity index (χ2v) is 11.2. The van der Waals surface area contributed by atoms with Crippen molar-refractivity contribution in [3.8, 4) is 11.1 Å². The summed E-state index contributed by atoms with van der Waals surface area (Å²) < 4.78 is 5.48. The van der Waals surface area contributed by atoms with E-state index in [0.29, 0.717) is 24.3 Å². The summed E-state index contributed by atoms with van der Waals surface area (Å²) in [6.07, 6.45) is 6.86. The van der Waals surface area contributed by atoms with Gasteiger partial charge in [-0.25, -0.2) is 0 Å². The molecule has 7 rings (SSSR count). The summed E-state index contributed by atoms with van der Waals surface area (Å²) in [5.41, 5.74) is 3.44. The smallest absolute Gasteiger partial charge is 0.256 e. The summed E-state index contributed by atoms with van der Waals surface area (Å²) in [6.45, 7) is 4.21. The number of hydrogen-bond donors (Lipinski definition) is 0. The van der Waals surface area contributed by atoms with E-state index in [-0.39, 0.29) is 11.8 Å². The van der Waals surface area contributed by atoms with Crippen molar-refractivity contribution in [2.75, 3.05) is 19.6 Å². The number of rotatable bonds is 6. The third kappa shape index (κ3) is 3.66. The molecule has 2 amide bonds. The number of furan rings is 1. The molecular formula is C30H31N3O3. The van der Waals surface area contributed by atoms with Crippen molar-refractivity contribution >= 4 is 28.6 Å². The average Bonchev–Trinajstić information content (AvgIpc) is 3.82. The van der Waals surface area contributed by atoms with Crippen LogP contribution in [0.2, 0.25) is 0 Å². The standard InChI is InChI=1S/C30H31N3O3/c1-30(25-9-10-25)29(35)33(18-19-12-14-32(17-19)28(34)22-6-7-22)27(31-30)21-4-2-20(3-5-21)23-8-11-26-24(16-23)13-15-36-26/h2-5,8,11,13,15-16,19,22,25H,6-7,9-10,12,14,17-18H2,1H3/t19-,30+/m1/s1. The first-order valence-corrected chi connectivity index (χ1v) is 13.3. The molecule has 36 heavy (non-hydrogen) atoms. The summed E-state index contributed by atoms with van der Waals surface area (Å²) >= 11 is 0. The molecule has 1 saturated heterocycles. The van der Waals surface area contributed by atoms with E-state index in [1.165, 1.54) is 0 Å². The lowest BCUT2D eigenvalue weighted by atomic mass is 9.96. The van der Waals surface area contributed by atoms with Gasteiger partial charge in [0.05, 0.1) is 6.26 Å². The van der Waals surface area contributed by atoms with E-state index in [9.17, 15) is 9.59 Å². The highest BCUT2D eigenvalue weighted by Gasteiger charge is 2.54. The van der Waals surface area contributed by atoms with E-state index in [0.717, 1.165) is 78.7 Å². The number of aliphatic imine (C=N–C) groups is 1. The van der Waals surface area contributed by atoms with Gasteiger partial charge in [-0.3, -0.25) is 19.5 Å². The van der Waals surface area contributed by atoms with Gasteiger partial charge < -0.3 is 9.32 Å². The van der Waals surface area contributed by atoms with E-state index >= 15 is 0 Å². The number of benzene rings is 2. The molecule has 0 N–H and O–H groups in total. The summed E-state index contributed by atoms with van der Waals surface area (Å²) in [7, 11) is 0. The van der Waals surface area contributed by atoms with Gasteiger partial charge in [0.25, 0.3) is 5.91 Å². The van der Waals surface area contributed by atoms with Crippen molar-refractivity contribution in [2.45, 2.75) is 44.6 Å². The first kappa shape index (κ1) is 21.8. The van der Waals surface area contributed by atoms with Crippen LogP contribution in [0.15, 0.2) is 64.2 Å². The van der Waals surface area contributed by atoms with Crippen LogP contribution in [0.25, 0.3) is 22.1 Å². The second kappa shape index (κ2) is 8.05. The Morgan fingerprint density at radius 3 is 2.50 bits per heavy atom. The molecule has 6 heteroatoms. The van der Waals surface area contributed by atoms with Gasteiger partial charge in [-0.1, -0.05) is 30.3 Å². The SMILES string of the molecule is C[C@@]1(C2CC2)N=C(c2ccc(-c3ccc4occc4c3)cc2)N(C[C@@H]2CCN(C(=O)C3CC3)C2)C1=O. The number of amidine groups is 1. The van der Waals surface area contributed by atoms with Crippen molar-refractivity contribution in [3.63, 3.8) is 0 Å². The van der Waals surface area contributed by atoms with Crippen molar-refractivity contribution in [2.24, 2.45) is 22.7 Å². The zero-order valence-corrected chi connectivity index (χ0v) is 20.7. The number of amides is 2. The Balaban J connectivity index is 1.15. The summed E-state index contributed by atoms with van der Waals surface area (Å²) in [5.74, 6) is 2.11. The molecule has 2 saturated carbocycles. The van der Waals surface area contributed by atoms with Crippen molar-refractivity contribution < 1.29 is 14.0 Å². The Labute approximate surface area is 211 Å². The molecule has 2 aliphatic heterocycles. The van der Waals surface area contributed by atoms with Crippen LogP contribution in [0, 0.1) is 17.8 Å². The van der Waals surface area contributed by atoms with Gasteiger partial charge in [0.2, 0.25) is 5.91 Å². The molecule has 0 radical (unpaired) electrons. The second-order valence-electron chi connectivity index (χ2n) is 11.2. The average molecular weight is 482 g/mol. The summed E-state index contributed by atoms with van der Waals surface area (Å²) in [6, 6.07) is 16.6. The first-order valence-electron chi connectivity index (χ1n) is 13.3. The van der Waals surface area contributed by atoms with Crippen LogP contribution in [-0.2, 0) is 9.59 Å². The molecule has 2 atom stereocenters. The van der Waals surface area contributed by atoms with Crippen LogP contribution in [0.5, 0.6) is 0 Å². The molecule has 2 aromatic carbocycles. The Hall–Kier alpha value is -3.41. The van der Waals surface area contributed by atoms with E-state index in [4.69, 9.17) is 9.41 Å². The van der Waals surface area contributed by atoms with Crippen LogP contribution < -0.4 is 0 Å². The fourth-order valence-electron chi connectivity index (χ4n) is 5.99. The maximum Gasteiger partial charge on any atom is 0.256 e. The molecule has 3 fully saturated rings. The Kier molecular flexibility index (Phi) is 4.88. The highest BCUT2D eigenvalue weighted by Crippen LogP contribution is 2.46. The number of carbonyl (C=O) groups is 2. The van der Waals surface area contributed by atoms with Gasteiger partial charge >= 0.3 is 0 Å². The summed E-state index contributed by atoms with van der Waals surface area (Å²) in [4.78, 5) is 35.3. The number of nitrogens with zero attached hydrogens (tertiary/aromatic N) is 3. The van der Waals surface area contributed by atoms with E-state index < -0.39 is 5.54 Å². The zero-order chi connectivity index (χ0) is 24.4. The molecule has 2 aliphatic carbocycles. The minimum Gasteiger partial charge on any atom is -0.464 e. The van der Waals surface area contributed by atoms with Gasteiger partial charge in [0.1, 0.15) is 17.0 Å². The molecular weight excluding hydrogens is 450 g/mol. The molecule has 3 heterocycles. The zero-order valence-electron chi connectivity index (χ0n) is 20.7. The molecule has 0 spiro atoms. The molecule has 184 valence electrons. The lowest BCUT2D eigenvalue weighted by Gasteiger charge is -2.26. The summed E-state index contributed by atoms with van der Waals surface area (Å²) in [5, 5.41) is 1.08. The van der Waals surface area contributed by atoms with Gasteiger partial charge in [-0.15, -0.1) is 0 Å². The molecule has 0 bridgehead atoms. The van der Waals surface area contributed by atoms with E-state index in [2.05, 4.69) is 36.4 Å². The third-order valence-electron chi connectivity index (χ3n) is 8.54. The van der Waals surface area contributed by atoms with E-state index in [1.807, 2.05) is 28.9 Å². The maximum atomic E-state index is 13.7. The molecule has 1 aromatic heterocycles. The predicted molar refractivity (Wildman–Crippen MR) is 138 cm³/mol. The Morgan fingerprint density at radius 1 is 1.00 bits per heavy atom. The van der Waals surface area contributed by atoms with Crippen LogP contribution in [0.4, 0.5) is 0 Å². The fourth-order valence-corrected chi connectivity index (χ4v) is 5.99. The normalized spacial score (nSPS) is 26.2. The molecule has 0 unspecified atom stereocenters. The Bertz CT molecular complexity index is 1380. The van der Waals surface area contributed by atoms with Crippen LogP contribution in [-0.4, -0.2) is 52.6 Å². The largest absolute Gasteiger partial charge is 0.464 e. The van der Waals surface area contributed by atoms with Gasteiger partial charge in [-0.2, -0.15) is 0 Å². The topological polar surface area (TPSA) is 66.1 Å². The monoisotopic (exact) mass is 481 g/mol. The van der Waals surface area contributed by atoms with Gasteiger partial charge in [0, 0.05) is 36.5 Å². The van der Waals surface area contributed by atoms with Crippen molar-refractivity contribution in [1.29, 1.82) is 0 Å². The van der Waals surface area contributed by atoms with Gasteiger partial charge in [-0.05, 0) is 80.2 Å². The highest BCUT2D eigenvalue weighted by molar-refractivity contribution is 6.15. The molecule has 4 aliphatic rings. The Morgan fingerprint density at radius 2 is 1.75 bits per heavy atom. The van der Waals surface area contributed by atoms with Crippen LogP contribution in [0.3, 0.4) is 0 Å². The third-order valence-corrected chi connectivity index (χ3v) is 8.54. The lowest BCUT2D eigenvalue weighted by molar-refractivity contribution is -0.131. The molecule has 6 nitrogen and oxygen atoms in total. The van der Waals surface area contributed by atoms with Crippen molar-refractivity contribution in [3.05, 3.63) is 60.4 Å².